The lowest BCUT2D eigenvalue weighted by atomic mass is 10.0. The lowest BCUT2D eigenvalue weighted by molar-refractivity contribution is -0.107. The van der Waals surface area contributed by atoms with Crippen molar-refractivity contribution in [3.05, 3.63) is 35.4 Å². The summed E-state index contributed by atoms with van der Waals surface area (Å²) in [5.74, 6) is -0.109. The zero-order chi connectivity index (χ0) is 12.0. The fourth-order valence-corrected chi connectivity index (χ4v) is 1.48. The van der Waals surface area contributed by atoms with Crippen LogP contribution in [0.5, 0.6) is 0 Å². The highest BCUT2D eigenvalue weighted by Crippen LogP contribution is 2.12. The van der Waals surface area contributed by atoms with Crippen molar-refractivity contribution in [1.29, 1.82) is 0 Å². The molecule has 1 rings (SSSR count). The highest BCUT2D eigenvalue weighted by molar-refractivity contribution is 5.99. The predicted octanol–water partition coefficient (Wildman–Crippen LogP) is 2.58. The van der Waals surface area contributed by atoms with E-state index in [0.29, 0.717) is 18.8 Å². The highest BCUT2D eigenvalue weighted by Gasteiger charge is 2.21. The van der Waals surface area contributed by atoms with E-state index in [2.05, 4.69) is 0 Å². The molecule has 0 unspecified atom stereocenters. The van der Waals surface area contributed by atoms with Crippen LogP contribution in [0.15, 0.2) is 24.3 Å². The second-order valence-electron chi connectivity index (χ2n) is 3.42. The second-order valence-corrected chi connectivity index (χ2v) is 3.42. The van der Waals surface area contributed by atoms with Crippen molar-refractivity contribution >= 4 is 5.78 Å². The molecule has 0 saturated carbocycles. The molecule has 1 aromatic carbocycles. The van der Waals surface area contributed by atoms with Crippen LogP contribution in [0.3, 0.4) is 0 Å². The standard InChI is InChI=1S/C13H18O3/c1-4-15-13(16-5-2)12(14)11-9-7-6-8-10(11)3/h6-9,13H,4-5H2,1-3H3. The Hall–Kier alpha value is -1.19. The van der Waals surface area contributed by atoms with Gasteiger partial charge in [0.1, 0.15) is 0 Å². The van der Waals surface area contributed by atoms with Crippen LogP contribution in [0.25, 0.3) is 0 Å². The van der Waals surface area contributed by atoms with Crippen LogP contribution in [0.2, 0.25) is 0 Å². The number of Topliss-reactive ketones (excluding diaryl/α,β-unsaturated/α-hetero) is 1. The molecule has 0 atom stereocenters. The van der Waals surface area contributed by atoms with Gasteiger partial charge < -0.3 is 9.47 Å². The molecule has 0 aliphatic rings. The van der Waals surface area contributed by atoms with Crippen LogP contribution in [0, 0.1) is 6.92 Å². The summed E-state index contributed by atoms with van der Waals surface area (Å²) in [6, 6.07) is 7.45. The van der Waals surface area contributed by atoms with E-state index >= 15 is 0 Å². The van der Waals surface area contributed by atoms with Gasteiger partial charge in [-0.05, 0) is 26.3 Å². The fourth-order valence-electron chi connectivity index (χ4n) is 1.48. The molecule has 0 aromatic heterocycles. The van der Waals surface area contributed by atoms with Crippen molar-refractivity contribution in [3.63, 3.8) is 0 Å². The summed E-state index contributed by atoms with van der Waals surface area (Å²) in [7, 11) is 0. The van der Waals surface area contributed by atoms with Gasteiger partial charge in [-0.3, -0.25) is 4.79 Å². The fraction of sp³-hybridized carbons (Fsp3) is 0.462. The number of carbonyl (C=O) groups excluding carboxylic acids is 1. The predicted molar refractivity (Wildman–Crippen MR) is 62.5 cm³/mol. The Kier molecular flexibility index (Phi) is 5.15. The second kappa shape index (κ2) is 6.40. The summed E-state index contributed by atoms with van der Waals surface area (Å²) >= 11 is 0. The molecule has 3 heteroatoms. The maximum Gasteiger partial charge on any atom is 0.222 e. The number of rotatable bonds is 6. The van der Waals surface area contributed by atoms with Gasteiger partial charge in [-0.1, -0.05) is 24.3 Å². The van der Waals surface area contributed by atoms with E-state index in [4.69, 9.17) is 9.47 Å². The topological polar surface area (TPSA) is 35.5 Å². The number of aryl methyl sites for hydroxylation is 1. The van der Waals surface area contributed by atoms with E-state index in [0.717, 1.165) is 5.56 Å². The third kappa shape index (κ3) is 3.15. The Labute approximate surface area is 96.4 Å². The smallest absolute Gasteiger partial charge is 0.222 e. The van der Waals surface area contributed by atoms with E-state index in [1.54, 1.807) is 6.07 Å². The molecule has 0 spiro atoms. The van der Waals surface area contributed by atoms with Crippen LogP contribution in [0.1, 0.15) is 29.8 Å². The maximum atomic E-state index is 12.1. The average molecular weight is 222 g/mol. The Morgan fingerprint density at radius 3 is 2.25 bits per heavy atom. The van der Waals surface area contributed by atoms with Gasteiger partial charge in [-0.2, -0.15) is 0 Å². The van der Waals surface area contributed by atoms with Crippen molar-refractivity contribution in [2.45, 2.75) is 27.1 Å². The molecule has 0 bridgehead atoms. The SMILES string of the molecule is CCOC(OCC)C(=O)c1ccccc1C. The minimum Gasteiger partial charge on any atom is -0.346 e. The number of benzene rings is 1. The summed E-state index contributed by atoms with van der Waals surface area (Å²) in [6.45, 7) is 6.51. The molecule has 0 saturated heterocycles. The highest BCUT2D eigenvalue weighted by atomic mass is 16.7. The largest absolute Gasteiger partial charge is 0.346 e. The van der Waals surface area contributed by atoms with E-state index in [9.17, 15) is 4.79 Å². The lowest BCUT2D eigenvalue weighted by Crippen LogP contribution is -2.28. The van der Waals surface area contributed by atoms with Gasteiger partial charge in [-0.15, -0.1) is 0 Å². The number of hydrogen-bond donors (Lipinski definition) is 0. The Morgan fingerprint density at radius 1 is 1.19 bits per heavy atom. The molecular formula is C13H18O3. The first kappa shape index (κ1) is 12.9. The van der Waals surface area contributed by atoms with E-state index in [1.807, 2.05) is 39.0 Å². The average Bonchev–Trinajstić information content (AvgIpc) is 2.28. The molecule has 88 valence electrons. The number of ether oxygens (including phenoxy) is 2. The first-order valence-corrected chi connectivity index (χ1v) is 5.53. The van der Waals surface area contributed by atoms with Gasteiger partial charge in [0.2, 0.25) is 12.1 Å². The summed E-state index contributed by atoms with van der Waals surface area (Å²) in [4.78, 5) is 12.1. The minimum atomic E-state index is -0.781. The third-order valence-electron chi connectivity index (χ3n) is 2.26. The molecule has 3 nitrogen and oxygen atoms in total. The first-order chi connectivity index (χ1) is 7.70. The summed E-state index contributed by atoms with van der Waals surface area (Å²) in [6.07, 6.45) is -0.781. The van der Waals surface area contributed by atoms with Crippen molar-refractivity contribution in [2.24, 2.45) is 0 Å². The normalized spacial score (nSPS) is 10.8. The van der Waals surface area contributed by atoms with Gasteiger partial charge in [0.25, 0.3) is 0 Å². The van der Waals surface area contributed by atoms with E-state index in [-0.39, 0.29) is 5.78 Å². The zero-order valence-electron chi connectivity index (χ0n) is 10.0. The van der Waals surface area contributed by atoms with Gasteiger partial charge >= 0.3 is 0 Å². The Bertz CT molecular complexity index is 341. The molecule has 0 N–H and O–H groups in total. The van der Waals surface area contributed by atoms with Gasteiger partial charge in [0.15, 0.2) is 0 Å². The lowest BCUT2D eigenvalue weighted by Gasteiger charge is -2.16. The molecular weight excluding hydrogens is 204 g/mol. The van der Waals surface area contributed by atoms with E-state index < -0.39 is 6.29 Å². The zero-order valence-corrected chi connectivity index (χ0v) is 10.0. The molecule has 0 heterocycles. The van der Waals surface area contributed by atoms with Crippen LogP contribution < -0.4 is 0 Å². The molecule has 1 aromatic rings. The quantitative estimate of drug-likeness (QED) is 0.548. The Morgan fingerprint density at radius 2 is 1.75 bits per heavy atom. The van der Waals surface area contributed by atoms with Crippen molar-refractivity contribution in [3.8, 4) is 0 Å². The monoisotopic (exact) mass is 222 g/mol. The number of carbonyl (C=O) groups is 1. The molecule has 0 fully saturated rings. The van der Waals surface area contributed by atoms with Crippen molar-refractivity contribution in [1.82, 2.24) is 0 Å². The minimum absolute atomic E-state index is 0.109. The maximum absolute atomic E-state index is 12.1. The third-order valence-corrected chi connectivity index (χ3v) is 2.26. The van der Waals surface area contributed by atoms with Gasteiger partial charge in [0, 0.05) is 18.8 Å². The van der Waals surface area contributed by atoms with Crippen molar-refractivity contribution < 1.29 is 14.3 Å². The summed E-state index contributed by atoms with van der Waals surface area (Å²) in [5, 5.41) is 0. The summed E-state index contributed by atoms with van der Waals surface area (Å²) < 4.78 is 10.6. The van der Waals surface area contributed by atoms with Crippen LogP contribution in [0.4, 0.5) is 0 Å². The molecule has 0 amide bonds. The van der Waals surface area contributed by atoms with Gasteiger partial charge in [0.05, 0.1) is 0 Å². The molecule has 16 heavy (non-hydrogen) atoms. The molecule has 0 aliphatic heterocycles. The van der Waals surface area contributed by atoms with Gasteiger partial charge in [-0.25, -0.2) is 0 Å². The van der Waals surface area contributed by atoms with Crippen molar-refractivity contribution in [2.75, 3.05) is 13.2 Å². The molecule has 0 aliphatic carbocycles. The first-order valence-electron chi connectivity index (χ1n) is 5.53. The van der Waals surface area contributed by atoms with Crippen LogP contribution >= 0.6 is 0 Å². The Balaban J connectivity index is 2.85. The van der Waals surface area contributed by atoms with Crippen LogP contribution in [-0.4, -0.2) is 25.3 Å². The number of ketones is 1. The van der Waals surface area contributed by atoms with E-state index in [1.165, 1.54) is 0 Å². The number of hydrogen-bond acceptors (Lipinski definition) is 3. The van der Waals surface area contributed by atoms with Crippen LogP contribution in [-0.2, 0) is 9.47 Å². The summed E-state index contributed by atoms with van der Waals surface area (Å²) in [5.41, 5.74) is 1.60. The molecule has 0 radical (unpaired) electrons.